The van der Waals surface area contributed by atoms with E-state index in [0.717, 1.165) is 17.0 Å². The number of hydrogen-bond donors (Lipinski definition) is 0. The Morgan fingerprint density at radius 3 is 2.75 bits per heavy atom. The first-order chi connectivity index (χ1) is 7.81. The van der Waals surface area contributed by atoms with Gasteiger partial charge < -0.3 is 0 Å². The number of benzene rings is 1. The SMILES string of the molecule is ClCC(Cc1cncs1)c1ccccc1Cl. The first kappa shape index (κ1) is 11.9. The predicted molar refractivity (Wildman–Crippen MR) is 70.7 cm³/mol. The van der Waals surface area contributed by atoms with Crippen LogP contribution in [0.1, 0.15) is 16.4 Å². The molecule has 0 radical (unpaired) electrons. The van der Waals surface area contributed by atoms with E-state index >= 15 is 0 Å². The van der Waals surface area contributed by atoms with Crippen LogP contribution in [-0.2, 0) is 6.42 Å². The molecule has 0 N–H and O–H groups in total. The van der Waals surface area contributed by atoms with Crippen LogP contribution in [0.2, 0.25) is 5.02 Å². The van der Waals surface area contributed by atoms with Gasteiger partial charge in [0, 0.05) is 27.9 Å². The minimum atomic E-state index is 0.260. The predicted octanol–water partition coefficient (Wildman–Crippen LogP) is 4.36. The number of hydrogen-bond acceptors (Lipinski definition) is 2. The summed E-state index contributed by atoms with van der Waals surface area (Å²) in [7, 11) is 0. The second kappa shape index (κ2) is 5.67. The van der Waals surface area contributed by atoms with Crippen molar-refractivity contribution in [2.24, 2.45) is 0 Å². The van der Waals surface area contributed by atoms with Crippen molar-refractivity contribution in [2.45, 2.75) is 12.3 Å². The Morgan fingerprint density at radius 1 is 1.31 bits per heavy atom. The Morgan fingerprint density at radius 2 is 2.12 bits per heavy atom. The molecule has 84 valence electrons. The highest BCUT2D eigenvalue weighted by Crippen LogP contribution is 2.29. The fraction of sp³-hybridized carbons (Fsp3) is 0.250. The number of halogens is 2. The van der Waals surface area contributed by atoms with Gasteiger partial charge >= 0.3 is 0 Å². The molecule has 1 aromatic heterocycles. The van der Waals surface area contributed by atoms with Gasteiger partial charge in [0.05, 0.1) is 5.51 Å². The summed E-state index contributed by atoms with van der Waals surface area (Å²) < 4.78 is 0. The quantitative estimate of drug-likeness (QED) is 0.753. The second-order valence-electron chi connectivity index (χ2n) is 3.54. The molecular weight excluding hydrogens is 261 g/mol. The van der Waals surface area contributed by atoms with Crippen molar-refractivity contribution in [3.63, 3.8) is 0 Å². The fourth-order valence-electron chi connectivity index (χ4n) is 1.64. The van der Waals surface area contributed by atoms with Gasteiger partial charge in [0.1, 0.15) is 0 Å². The summed E-state index contributed by atoms with van der Waals surface area (Å²) in [5.41, 5.74) is 2.96. The van der Waals surface area contributed by atoms with Crippen molar-refractivity contribution in [1.29, 1.82) is 0 Å². The van der Waals surface area contributed by atoms with Crippen LogP contribution in [0.5, 0.6) is 0 Å². The zero-order chi connectivity index (χ0) is 11.4. The highest BCUT2D eigenvalue weighted by molar-refractivity contribution is 7.09. The van der Waals surface area contributed by atoms with Crippen LogP contribution in [0, 0.1) is 0 Å². The van der Waals surface area contributed by atoms with Crippen LogP contribution < -0.4 is 0 Å². The number of nitrogens with zero attached hydrogens (tertiary/aromatic N) is 1. The molecule has 1 unspecified atom stereocenters. The maximum absolute atomic E-state index is 6.17. The lowest BCUT2D eigenvalue weighted by Gasteiger charge is -2.14. The highest BCUT2D eigenvalue weighted by Gasteiger charge is 2.14. The summed E-state index contributed by atoms with van der Waals surface area (Å²) in [5, 5.41) is 0.790. The fourth-order valence-corrected chi connectivity index (χ4v) is 2.88. The van der Waals surface area contributed by atoms with E-state index in [0.29, 0.717) is 5.88 Å². The van der Waals surface area contributed by atoms with E-state index in [-0.39, 0.29) is 5.92 Å². The standard InChI is InChI=1S/C12H11Cl2NS/c13-6-9(5-10-7-15-8-16-10)11-3-1-2-4-12(11)14/h1-4,7-9H,5-6H2. The lowest BCUT2D eigenvalue weighted by Crippen LogP contribution is -2.04. The number of alkyl halides is 1. The van der Waals surface area contributed by atoms with Gasteiger partial charge in [0.25, 0.3) is 0 Å². The lowest BCUT2D eigenvalue weighted by atomic mass is 9.97. The topological polar surface area (TPSA) is 12.9 Å². The Bertz CT molecular complexity index is 442. The van der Waals surface area contributed by atoms with Crippen molar-refractivity contribution in [1.82, 2.24) is 4.98 Å². The van der Waals surface area contributed by atoms with Gasteiger partial charge in [-0.1, -0.05) is 29.8 Å². The van der Waals surface area contributed by atoms with Crippen molar-refractivity contribution in [3.05, 3.63) is 51.4 Å². The highest BCUT2D eigenvalue weighted by atomic mass is 35.5. The molecule has 0 saturated carbocycles. The molecule has 4 heteroatoms. The molecule has 0 aliphatic carbocycles. The van der Waals surface area contributed by atoms with Crippen LogP contribution in [0.15, 0.2) is 36.0 Å². The third kappa shape index (κ3) is 2.76. The molecule has 0 saturated heterocycles. The smallest absolute Gasteiger partial charge is 0.0794 e. The van der Waals surface area contributed by atoms with E-state index in [2.05, 4.69) is 4.98 Å². The zero-order valence-electron chi connectivity index (χ0n) is 8.57. The molecule has 1 atom stereocenters. The minimum Gasteiger partial charge on any atom is -0.253 e. The molecule has 0 amide bonds. The van der Waals surface area contributed by atoms with E-state index in [1.54, 1.807) is 11.3 Å². The van der Waals surface area contributed by atoms with Crippen LogP contribution in [0.4, 0.5) is 0 Å². The van der Waals surface area contributed by atoms with E-state index in [4.69, 9.17) is 23.2 Å². The van der Waals surface area contributed by atoms with Gasteiger partial charge in [0.15, 0.2) is 0 Å². The Hall–Kier alpha value is -0.570. The van der Waals surface area contributed by atoms with E-state index in [1.807, 2.05) is 36.0 Å². The largest absolute Gasteiger partial charge is 0.253 e. The van der Waals surface area contributed by atoms with Gasteiger partial charge in [-0.05, 0) is 18.1 Å². The van der Waals surface area contributed by atoms with Gasteiger partial charge in [-0.15, -0.1) is 22.9 Å². The summed E-state index contributed by atoms with van der Waals surface area (Å²) in [6.07, 6.45) is 2.79. The van der Waals surface area contributed by atoms with Crippen LogP contribution in [0.25, 0.3) is 0 Å². The zero-order valence-corrected chi connectivity index (χ0v) is 10.9. The molecule has 1 aromatic carbocycles. The third-order valence-corrected chi connectivity index (χ3v) is 3.98. The molecule has 2 aromatic rings. The number of aromatic nitrogens is 1. The normalized spacial score (nSPS) is 12.6. The minimum absolute atomic E-state index is 0.260. The first-order valence-electron chi connectivity index (χ1n) is 4.99. The molecule has 1 nitrogen and oxygen atoms in total. The molecule has 0 spiro atoms. The molecular formula is C12H11Cl2NS. The molecule has 0 bridgehead atoms. The van der Waals surface area contributed by atoms with Crippen LogP contribution in [-0.4, -0.2) is 10.9 Å². The van der Waals surface area contributed by atoms with Gasteiger partial charge in [-0.2, -0.15) is 0 Å². The summed E-state index contributed by atoms with van der Waals surface area (Å²) in [5.74, 6) is 0.831. The van der Waals surface area contributed by atoms with E-state index in [1.165, 1.54) is 4.88 Å². The molecule has 16 heavy (non-hydrogen) atoms. The average Bonchev–Trinajstić information content (AvgIpc) is 2.80. The molecule has 0 aliphatic heterocycles. The Labute approximate surface area is 109 Å². The Kier molecular flexibility index (Phi) is 4.22. The Balaban J connectivity index is 2.20. The third-order valence-electron chi connectivity index (χ3n) is 2.46. The lowest BCUT2D eigenvalue weighted by molar-refractivity contribution is 0.775. The second-order valence-corrected chi connectivity index (χ2v) is 5.23. The summed E-state index contributed by atoms with van der Waals surface area (Å²) in [6.45, 7) is 0. The van der Waals surface area contributed by atoms with Gasteiger partial charge in [-0.25, -0.2) is 0 Å². The van der Waals surface area contributed by atoms with Gasteiger partial charge in [-0.3, -0.25) is 4.98 Å². The number of rotatable bonds is 4. The average molecular weight is 272 g/mol. The first-order valence-corrected chi connectivity index (χ1v) is 6.78. The molecule has 0 aliphatic rings. The van der Waals surface area contributed by atoms with Gasteiger partial charge in [0.2, 0.25) is 0 Å². The van der Waals surface area contributed by atoms with Crippen molar-refractivity contribution >= 4 is 34.5 Å². The van der Waals surface area contributed by atoms with E-state index in [9.17, 15) is 0 Å². The summed E-state index contributed by atoms with van der Waals surface area (Å²) >= 11 is 13.8. The maximum atomic E-state index is 6.17. The van der Waals surface area contributed by atoms with Crippen molar-refractivity contribution < 1.29 is 0 Å². The number of thiazole rings is 1. The van der Waals surface area contributed by atoms with Crippen molar-refractivity contribution in [3.8, 4) is 0 Å². The maximum Gasteiger partial charge on any atom is 0.0794 e. The van der Waals surface area contributed by atoms with E-state index < -0.39 is 0 Å². The summed E-state index contributed by atoms with van der Waals surface area (Å²) in [4.78, 5) is 5.31. The molecule has 1 heterocycles. The monoisotopic (exact) mass is 271 g/mol. The molecule has 0 fully saturated rings. The van der Waals surface area contributed by atoms with Crippen LogP contribution >= 0.6 is 34.5 Å². The van der Waals surface area contributed by atoms with Crippen LogP contribution in [0.3, 0.4) is 0 Å². The summed E-state index contributed by atoms with van der Waals surface area (Å²) in [6, 6.07) is 7.87. The molecule has 2 rings (SSSR count). The van der Waals surface area contributed by atoms with Crippen molar-refractivity contribution in [2.75, 3.05) is 5.88 Å².